The van der Waals surface area contributed by atoms with E-state index in [0.29, 0.717) is 6.42 Å². The zero-order valence-corrected chi connectivity index (χ0v) is 13.1. The van der Waals surface area contributed by atoms with Gasteiger partial charge in [0.1, 0.15) is 5.71 Å². The molecule has 0 radical (unpaired) electrons. The van der Waals surface area contributed by atoms with Gasteiger partial charge in [-0.15, -0.1) is 0 Å². The van der Waals surface area contributed by atoms with Crippen LogP contribution in [-0.4, -0.2) is 23.8 Å². The Labute approximate surface area is 133 Å². The van der Waals surface area contributed by atoms with Gasteiger partial charge < -0.3 is 10.7 Å². The summed E-state index contributed by atoms with van der Waals surface area (Å²) in [6.07, 6.45) is -0.817. The third-order valence-corrected chi connectivity index (χ3v) is 3.15. The molecule has 1 aliphatic heterocycles. The van der Waals surface area contributed by atoms with E-state index >= 15 is 0 Å². The number of hydrogen-bond donors (Lipinski definition) is 2. The molecule has 0 saturated heterocycles. The van der Waals surface area contributed by atoms with Crippen molar-refractivity contribution < 1.29 is 18.0 Å². The maximum absolute atomic E-state index is 13.1. The van der Waals surface area contributed by atoms with Crippen molar-refractivity contribution in [3.05, 3.63) is 48.2 Å². The van der Waals surface area contributed by atoms with Crippen molar-refractivity contribution in [1.82, 2.24) is 10.7 Å². The summed E-state index contributed by atoms with van der Waals surface area (Å²) >= 11 is 0. The van der Waals surface area contributed by atoms with E-state index in [-0.39, 0.29) is 23.9 Å². The third kappa shape index (κ3) is 5.12. The van der Waals surface area contributed by atoms with E-state index in [9.17, 15) is 18.0 Å². The molecule has 0 aromatic rings. The van der Waals surface area contributed by atoms with Crippen molar-refractivity contribution in [1.29, 1.82) is 0 Å². The smallest absolute Gasteiger partial charge is 0.321 e. The topological polar surface area (TPSA) is 53.5 Å². The molecule has 126 valence electrons. The largest absolute Gasteiger partial charge is 0.418 e. The van der Waals surface area contributed by atoms with E-state index in [2.05, 4.69) is 29.0 Å². The highest BCUT2D eigenvalue weighted by Crippen LogP contribution is 2.30. The van der Waals surface area contributed by atoms with Crippen molar-refractivity contribution in [3.8, 4) is 0 Å². The van der Waals surface area contributed by atoms with Gasteiger partial charge in [0.15, 0.2) is 0 Å². The second kappa shape index (κ2) is 7.80. The number of allylic oxidation sites excluding steroid dienone is 4. The molecule has 1 unspecified atom stereocenters. The Kier molecular flexibility index (Phi) is 6.36. The Morgan fingerprint density at radius 3 is 2.61 bits per heavy atom. The highest BCUT2D eigenvalue weighted by atomic mass is 19.4. The molecule has 0 aliphatic carbocycles. The van der Waals surface area contributed by atoms with Crippen LogP contribution in [0.2, 0.25) is 0 Å². The second-order valence-corrected chi connectivity index (χ2v) is 5.08. The Morgan fingerprint density at radius 2 is 2.17 bits per heavy atom. The maximum Gasteiger partial charge on any atom is 0.418 e. The average Bonchev–Trinajstić information content (AvgIpc) is 2.93. The summed E-state index contributed by atoms with van der Waals surface area (Å²) in [7, 11) is 0. The Balaban J connectivity index is 2.95. The summed E-state index contributed by atoms with van der Waals surface area (Å²) in [5.41, 5.74) is 2.41. The molecule has 0 spiro atoms. The number of hydrogen-bond acceptors (Lipinski definition) is 3. The summed E-state index contributed by atoms with van der Waals surface area (Å²) < 4.78 is 39.3. The minimum atomic E-state index is -4.60. The first-order valence-corrected chi connectivity index (χ1v) is 7.10. The molecular formula is C16H20F3N3O. The minimum absolute atomic E-state index is 0.139. The summed E-state index contributed by atoms with van der Waals surface area (Å²) in [6.45, 7) is 10.5. The van der Waals surface area contributed by atoms with Crippen molar-refractivity contribution in [2.45, 2.75) is 38.9 Å². The van der Waals surface area contributed by atoms with Crippen molar-refractivity contribution in [2.24, 2.45) is 5.10 Å². The minimum Gasteiger partial charge on any atom is -0.321 e. The molecule has 1 aliphatic rings. The van der Waals surface area contributed by atoms with Gasteiger partial charge in [-0.3, -0.25) is 4.79 Å². The molecule has 1 atom stereocenters. The van der Waals surface area contributed by atoms with Crippen LogP contribution in [-0.2, 0) is 4.79 Å². The lowest BCUT2D eigenvalue weighted by Gasteiger charge is -2.16. The Bertz CT molecular complexity index is 586. The molecular weight excluding hydrogens is 307 g/mol. The normalized spacial score (nSPS) is 19.0. The highest BCUT2D eigenvalue weighted by Gasteiger charge is 2.36. The van der Waals surface area contributed by atoms with Gasteiger partial charge >= 0.3 is 6.18 Å². The first-order valence-electron chi connectivity index (χ1n) is 7.10. The van der Waals surface area contributed by atoms with Crippen LogP contribution in [0.25, 0.3) is 0 Å². The van der Waals surface area contributed by atoms with Gasteiger partial charge in [-0.25, -0.2) is 0 Å². The summed E-state index contributed by atoms with van der Waals surface area (Å²) in [6, 6.07) is -0.180. The van der Waals surface area contributed by atoms with Crippen molar-refractivity contribution >= 4 is 11.6 Å². The Morgan fingerprint density at radius 1 is 1.52 bits per heavy atom. The molecule has 0 saturated carbocycles. The van der Waals surface area contributed by atoms with Gasteiger partial charge in [-0.05, 0) is 19.4 Å². The molecule has 1 amide bonds. The Hall–Kier alpha value is -2.31. The molecule has 0 aromatic carbocycles. The second-order valence-electron chi connectivity index (χ2n) is 5.08. The van der Waals surface area contributed by atoms with Crippen LogP contribution in [0.4, 0.5) is 13.2 Å². The van der Waals surface area contributed by atoms with E-state index in [4.69, 9.17) is 0 Å². The van der Waals surface area contributed by atoms with E-state index < -0.39 is 17.7 Å². The quantitative estimate of drug-likeness (QED) is 0.580. The molecule has 7 heteroatoms. The van der Waals surface area contributed by atoms with Crippen LogP contribution in [0, 0.1) is 0 Å². The summed E-state index contributed by atoms with van der Waals surface area (Å²) in [4.78, 5) is 12.2. The van der Waals surface area contributed by atoms with Gasteiger partial charge in [-0.2, -0.15) is 18.3 Å². The summed E-state index contributed by atoms with van der Waals surface area (Å²) in [5.74, 6) is -0.667. The van der Waals surface area contributed by atoms with E-state index in [1.165, 1.54) is 6.08 Å². The predicted octanol–water partition coefficient (Wildman–Crippen LogP) is 3.37. The number of carbonyl (C=O) groups is 1. The van der Waals surface area contributed by atoms with Gasteiger partial charge in [0.05, 0.1) is 11.6 Å². The number of halogens is 3. The van der Waals surface area contributed by atoms with Crippen molar-refractivity contribution in [3.63, 3.8) is 0 Å². The lowest BCUT2D eigenvalue weighted by atomic mass is 10.0. The van der Waals surface area contributed by atoms with Gasteiger partial charge in [0.25, 0.3) is 5.91 Å². The van der Waals surface area contributed by atoms with Crippen LogP contribution in [0.15, 0.2) is 53.3 Å². The fraction of sp³-hybridized carbons (Fsp3) is 0.375. The van der Waals surface area contributed by atoms with Crippen LogP contribution in [0.3, 0.4) is 0 Å². The first kappa shape index (κ1) is 18.7. The number of rotatable bonds is 6. The van der Waals surface area contributed by atoms with Crippen LogP contribution < -0.4 is 10.7 Å². The highest BCUT2D eigenvalue weighted by molar-refractivity contribution is 6.39. The molecule has 0 fully saturated rings. The first-order chi connectivity index (χ1) is 10.7. The van der Waals surface area contributed by atoms with Crippen LogP contribution in [0.5, 0.6) is 0 Å². The van der Waals surface area contributed by atoms with E-state index in [1.54, 1.807) is 13.8 Å². The average molecular weight is 327 g/mol. The van der Waals surface area contributed by atoms with Gasteiger partial charge in [0.2, 0.25) is 0 Å². The zero-order chi connectivity index (χ0) is 17.6. The summed E-state index contributed by atoms with van der Waals surface area (Å²) in [5, 5.41) is 6.16. The molecule has 2 N–H and O–H groups in total. The monoisotopic (exact) mass is 327 g/mol. The van der Waals surface area contributed by atoms with E-state index in [0.717, 1.165) is 17.7 Å². The fourth-order valence-corrected chi connectivity index (χ4v) is 1.95. The van der Waals surface area contributed by atoms with Crippen LogP contribution in [0.1, 0.15) is 26.7 Å². The van der Waals surface area contributed by atoms with Crippen LogP contribution >= 0.6 is 0 Å². The lowest BCUT2D eigenvalue weighted by Crippen LogP contribution is -2.33. The number of nitrogens with one attached hydrogen (secondary N) is 2. The number of hydrazone groups is 1. The fourth-order valence-electron chi connectivity index (χ4n) is 1.95. The number of nitrogens with zero attached hydrogens (tertiary/aromatic N) is 1. The standard InChI is InChI=1S/C16H20F3N3O/c1-5-7-11(16(17,18)19)12(8-6-2)20-15(23)14-9-13(10(3)4)21-22-14/h5,7-8,13,21H,1,3,6,9H2,2,4H3,(H,20,23)/b11-7+,12-8+. The number of amides is 1. The van der Waals surface area contributed by atoms with E-state index in [1.807, 2.05) is 0 Å². The third-order valence-electron chi connectivity index (χ3n) is 3.15. The molecule has 0 bridgehead atoms. The van der Waals surface area contributed by atoms with Gasteiger partial charge in [0, 0.05) is 12.1 Å². The number of alkyl halides is 3. The maximum atomic E-state index is 13.1. The molecule has 23 heavy (non-hydrogen) atoms. The zero-order valence-electron chi connectivity index (χ0n) is 13.1. The molecule has 1 rings (SSSR count). The van der Waals surface area contributed by atoms with Crippen molar-refractivity contribution in [2.75, 3.05) is 0 Å². The predicted molar refractivity (Wildman–Crippen MR) is 84.6 cm³/mol. The number of carbonyl (C=O) groups excluding carboxylic acids is 1. The molecule has 0 aromatic heterocycles. The molecule has 1 heterocycles. The SMILES string of the molecule is C=C/C=C(\C(=C/CC)NC(=O)C1=NNC(C(=C)C)C1)C(F)(F)F. The van der Waals surface area contributed by atoms with Gasteiger partial charge in [-0.1, -0.05) is 37.8 Å². The lowest BCUT2D eigenvalue weighted by molar-refractivity contribution is -0.114. The molecule has 4 nitrogen and oxygen atoms in total.